The first-order valence-electron chi connectivity index (χ1n) is 9.99. The zero-order valence-electron chi connectivity index (χ0n) is 16.4. The number of rotatable bonds is 7. The summed E-state index contributed by atoms with van der Waals surface area (Å²) >= 11 is 0. The van der Waals surface area contributed by atoms with E-state index < -0.39 is 0 Å². The van der Waals surface area contributed by atoms with Gasteiger partial charge in [-0.05, 0) is 55.8 Å². The number of methoxy groups -OCH3 is 2. The lowest BCUT2D eigenvalue weighted by Gasteiger charge is -2.31. The van der Waals surface area contributed by atoms with E-state index in [0.717, 1.165) is 49.9 Å². The molecule has 4 rings (SSSR count). The molecule has 1 fully saturated rings. The van der Waals surface area contributed by atoms with Crippen molar-refractivity contribution < 1.29 is 14.0 Å². The topological polar surface area (TPSA) is 60.6 Å². The lowest BCUT2D eigenvalue weighted by atomic mass is 9.97. The fraction of sp³-hybridized carbons (Fsp3) is 0.619. The smallest absolute Gasteiger partial charge is 0.231 e. The maximum absolute atomic E-state index is 5.69. The number of hydrogen-bond acceptors (Lipinski definition) is 6. The second kappa shape index (κ2) is 8.40. The van der Waals surface area contributed by atoms with E-state index in [1.807, 2.05) is 0 Å². The fourth-order valence-electron chi connectivity index (χ4n) is 4.34. The van der Waals surface area contributed by atoms with Crippen molar-refractivity contribution >= 4 is 0 Å². The molecule has 6 nitrogen and oxygen atoms in total. The summed E-state index contributed by atoms with van der Waals surface area (Å²) in [6.45, 7) is 3.58. The van der Waals surface area contributed by atoms with Gasteiger partial charge >= 0.3 is 0 Å². The number of aromatic nitrogens is 2. The number of likely N-dealkylation sites (tertiary alicyclic amines) is 1. The highest BCUT2D eigenvalue weighted by Crippen LogP contribution is 2.32. The van der Waals surface area contributed by atoms with Crippen LogP contribution in [0.3, 0.4) is 0 Å². The Balaban J connectivity index is 1.44. The molecule has 6 heteroatoms. The molecule has 27 heavy (non-hydrogen) atoms. The zero-order chi connectivity index (χ0) is 18.6. The highest BCUT2D eigenvalue weighted by Gasteiger charge is 2.27. The Morgan fingerprint density at radius 1 is 1.19 bits per heavy atom. The number of hydrogen-bond donors (Lipinski definition) is 0. The van der Waals surface area contributed by atoms with Crippen LogP contribution in [0, 0.1) is 0 Å². The van der Waals surface area contributed by atoms with E-state index in [2.05, 4.69) is 27.2 Å². The molecular weight excluding hydrogens is 342 g/mol. The molecule has 0 radical (unpaired) electrons. The summed E-state index contributed by atoms with van der Waals surface area (Å²) in [6.07, 6.45) is 6.58. The lowest BCUT2D eigenvalue weighted by molar-refractivity contribution is 0.178. The van der Waals surface area contributed by atoms with Gasteiger partial charge in [0.05, 0.1) is 19.6 Å². The number of fused-ring (bicyclic) bond motifs is 1. The SMILES string of the molecule is COCCc1noc(C2CCCN(Cc3cc4c(cc3OC)CCC4)C2)n1. The molecule has 0 N–H and O–H groups in total. The standard InChI is InChI=1S/C21H29N3O3/c1-25-10-8-20-22-21(27-23-20)17-7-4-9-24(13-17)14-18-11-15-5-3-6-16(15)12-19(18)26-2/h11-12,17H,3-10,13-14H2,1-2H3. The normalized spacial score (nSPS) is 20.0. The maximum Gasteiger partial charge on any atom is 0.231 e. The maximum atomic E-state index is 5.69. The summed E-state index contributed by atoms with van der Waals surface area (Å²) in [5, 5.41) is 4.10. The largest absolute Gasteiger partial charge is 0.496 e. The van der Waals surface area contributed by atoms with Gasteiger partial charge in [0.15, 0.2) is 5.82 Å². The van der Waals surface area contributed by atoms with Crippen LogP contribution in [0.15, 0.2) is 16.7 Å². The van der Waals surface area contributed by atoms with Gasteiger partial charge in [0.1, 0.15) is 5.75 Å². The Labute approximate surface area is 160 Å². The van der Waals surface area contributed by atoms with Crippen LogP contribution in [0.5, 0.6) is 5.75 Å². The number of aryl methyl sites for hydroxylation is 2. The van der Waals surface area contributed by atoms with Crippen molar-refractivity contribution in [2.24, 2.45) is 0 Å². The number of benzene rings is 1. The molecule has 0 saturated carbocycles. The van der Waals surface area contributed by atoms with Crippen LogP contribution in [0.2, 0.25) is 0 Å². The second-order valence-electron chi connectivity index (χ2n) is 7.65. The Hall–Kier alpha value is -1.92. The predicted octanol–water partition coefficient (Wildman–Crippen LogP) is 3.14. The van der Waals surface area contributed by atoms with Crippen LogP contribution in [0.1, 0.15) is 53.6 Å². The van der Waals surface area contributed by atoms with Crippen molar-refractivity contribution in [2.45, 2.75) is 51.0 Å². The highest BCUT2D eigenvalue weighted by atomic mass is 16.5. The van der Waals surface area contributed by atoms with Crippen LogP contribution in [-0.2, 0) is 30.5 Å². The Morgan fingerprint density at radius 3 is 2.85 bits per heavy atom. The summed E-state index contributed by atoms with van der Waals surface area (Å²) < 4.78 is 16.3. The van der Waals surface area contributed by atoms with Crippen LogP contribution in [0.4, 0.5) is 0 Å². The first-order valence-corrected chi connectivity index (χ1v) is 9.99. The van der Waals surface area contributed by atoms with Gasteiger partial charge in [-0.15, -0.1) is 0 Å². The highest BCUT2D eigenvalue weighted by molar-refractivity contribution is 5.44. The van der Waals surface area contributed by atoms with Gasteiger partial charge in [-0.25, -0.2) is 0 Å². The molecule has 1 aliphatic heterocycles. The molecule has 2 heterocycles. The lowest BCUT2D eigenvalue weighted by Crippen LogP contribution is -2.34. The summed E-state index contributed by atoms with van der Waals surface area (Å²) in [5.74, 6) is 2.84. The van der Waals surface area contributed by atoms with E-state index in [4.69, 9.17) is 14.0 Å². The van der Waals surface area contributed by atoms with Crippen molar-refractivity contribution in [1.29, 1.82) is 0 Å². The molecule has 1 aromatic heterocycles. The van der Waals surface area contributed by atoms with Crippen molar-refractivity contribution in [2.75, 3.05) is 33.9 Å². The molecule has 1 atom stereocenters. The third-order valence-electron chi connectivity index (χ3n) is 5.76. The molecule has 1 aromatic carbocycles. The zero-order valence-corrected chi connectivity index (χ0v) is 16.4. The molecule has 1 saturated heterocycles. The Kier molecular flexibility index (Phi) is 5.74. The van der Waals surface area contributed by atoms with E-state index >= 15 is 0 Å². The number of piperidine rings is 1. The molecule has 2 aliphatic rings. The fourth-order valence-corrected chi connectivity index (χ4v) is 4.34. The molecule has 146 valence electrons. The summed E-state index contributed by atoms with van der Waals surface area (Å²) in [4.78, 5) is 7.08. The van der Waals surface area contributed by atoms with Gasteiger partial charge in [-0.1, -0.05) is 11.2 Å². The Bertz CT molecular complexity index is 774. The van der Waals surface area contributed by atoms with Crippen LogP contribution >= 0.6 is 0 Å². The molecule has 0 bridgehead atoms. The van der Waals surface area contributed by atoms with Gasteiger partial charge in [-0.3, -0.25) is 4.90 Å². The average molecular weight is 371 g/mol. The third-order valence-corrected chi connectivity index (χ3v) is 5.76. The van der Waals surface area contributed by atoms with Crippen LogP contribution in [-0.4, -0.2) is 49.0 Å². The second-order valence-corrected chi connectivity index (χ2v) is 7.65. The summed E-state index contributed by atoms with van der Waals surface area (Å²) in [7, 11) is 3.46. The van der Waals surface area contributed by atoms with E-state index in [1.54, 1.807) is 14.2 Å². The monoisotopic (exact) mass is 371 g/mol. The minimum atomic E-state index is 0.308. The van der Waals surface area contributed by atoms with Crippen LogP contribution in [0.25, 0.3) is 0 Å². The van der Waals surface area contributed by atoms with Crippen molar-refractivity contribution in [3.63, 3.8) is 0 Å². The molecule has 1 unspecified atom stereocenters. The first-order chi connectivity index (χ1) is 13.3. The summed E-state index contributed by atoms with van der Waals surface area (Å²) in [5.41, 5.74) is 4.26. The predicted molar refractivity (Wildman–Crippen MR) is 102 cm³/mol. The quantitative estimate of drug-likeness (QED) is 0.745. The van der Waals surface area contributed by atoms with Gasteiger partial charge < -0.3 is 14.0 Å². The molecule has 0 amide bonds. The minimum absolute atomic E-state index is 0.308. The van der Waals surface area contributed by atoms with E-state index in [0.29, 0.717) is 18.9 Å². The van der Waals surface area contributed by atoms with Gasteiger partial charge in [0, 0.05) is 32.2 Å². The van der Waals surface area contributed by atoms with Crippen LogP contribution < -0.4 is 4.74 Å². The number of nitrogens with zero attached hydrogens (tertiary/aromatic N) is 3. The van der Waals surface area contributed by atoms with Gasteiger partial charge in [-0.2, -0.15) is 4.98 Å². The van der Waals surface area contributed by atoms with Crippen molar-refractivity contribution in [1.82, 2.24) is 15.0 Å². The molecular formula is C21H29N3O3. The van der Waals surface area contributed by atoms with E-state index in [1.165, 1.54) is 36.0 Å². The van der Waals surface area contributed by atoms with Gasteiger partial charge in [0.25, 0.3) is 0 Å². The van der Waals surface area contributed by atoms with Crippen molar-refractivity contribution in [3.05, 3.63) is 40.5 Å². The summed E-state index contributed by atoms with van der Waals surface area (Å²) in [6, 6.07) is 4.61. The number of ether oxygens (including phenoxy) is 2. The Morgan fingerprint density at radius 2 is 2.04 bits per heavy atom. The van der Waals surface area contributed by atoms with E-state index in [-0.39, 0.29) is 0 Å². The van der Waals surface area contributed by atoms with Gasteiger partial charge in [0.2, 0.25) is 5.89 Å². The van der Waals surface area contributed by atoms with E-state index in [9.17, 15) is 0 Å². The van der Waals surface area contributed by atoms with Crippen molar-refractivity contribution in [3.8, 4) is 5.75 Å². The molecule has 2 aromatic rings. The average Bonchev–Trinajstić information content (AvgIpc) is 3.35. The minimum Gasteiger partial charge on any atom is -0.496 e. The first kappa shape index (κ1) is 18.4. The molecule has 0 spiro atoms. The molecule has 1 aliphatic carbocycles. The third kappa shape index (κ3) is 4.17.